The molecule has 3 rings (SSSR count). The van der Waals surface area contributed by atoms with Crippen molar-refractivity contribution in [2.24, 2.45) is 5.92 Å². The van der Waals surface area contributed by atoms with Crippen molar-refractivity contribution in [2.45, 2.75) is 13.0 Å². The molecule has 0 radical (unpaired) electrons. The summed E-state index contributed by atoms with van der Waals surface area (Å²) in [5.41, 5.74) is 7.00. The number of benzene rings is 1. The number of halogens is 1. The molecule has 2 aliphatic heterocycles. The third-order valence-corrected chi connectivity index (χ3v) is 4.65. The minimum Gasteiger partial charge on any atom is -0.450 e. The molecular weight excluding hydrogens is 327 g/mol. The largest absolute Gasteiger partial charge is 0.450 e. The Morgan fingerprint density at radius 3 is 2.44 bits per heavy atom. The Kier molecular flexibility index (Phi) is 5.50. The van der Waals surface area contributed by atoms with E-state index >= 15 is 0 Å². The fraction of sp³-hybridized carbons (Fsp3) is 0.529. The summed E-state index contributed by atoms with van der Waals surface area (Å²) < 4.78 is 18.1. The summed E-state index contributed by atoms with van der Waals surface area (Å²) in [5, 5.41) is 0. The van der Waals surface area contributed by atoms with E-state index in [-0.39, 0.29) is 29.8 Å². The Hall–Kier alpha value is -2.19. The fourth-order valence-electron chi connectivity index (χ4n) is 3.27. The molecular formula is C17H23FN4O3. The monoisotopic (exact) mass is 350 g/mol. The van der Waals surface area contributed by atoms with E-state index in [0.29, 0.717) is 39.3 Å². The summed E-state index contributed by atoms with van der Waals surface area (Å²) >= 11 is 0. The first kappa shape index (κ1) is 17.6. The van der Waals surface area contributed by atoms with Crippen molar-refractivity contribution in [2.75, 3.05) is 39.3 Å². The lowest BCUT2D eigenvalue weighted by Gasteiger charge is -2.36. The lowest BCUT2D eigenvalue weighted by molar-refractivity contribution is -0.137. The van der Waals surface area contributed by atoms with Gasteiger partial charge in [-0.3, -0.25) is 10.2 Å². The Balaban J connectivity index is 1.61. The molecule has 2 heterocycles. The lowest BCUT2D eigenvalue weighted by atomic mass is 9.93. The number of hydrazine groups is 1. The van der Waals surface area contributed by atoms with Gasteiger partial charge in [0.25, 0.3) is 0 Å². The highest BCUT2D eigenvalue weighted by molar-refractivity contribution is 5.81. The van der Waals surface area contributed by atoms with E-state index < -0.39 is 0 Å². The Morgan fingerprint density at radius 1 is 1.16 bits per heavy atom. The number of hydrogen-bond donors (Lipinski definition) is 2. The van der Waals surface area contributed by atoms with Crippen LogP contribution in [0.4, 0.5) is 9.18 Å². The first-order chi connectivity index (χ1) is 12.1. The van der Waals surface area contributed by atoms with Gasteiger partial charge in [0, 0.05) is 32.7 Å². The van der Waals surface area contributed by atoms with Crippen LogP contribution in [0.3, 0.4) is 0 Å². The number of ether oxygens (including phenoxy) is 1. The number of carbonyl (C=O) groups is 2. The van der Waals surface area contributed by atoms with Crippen LogP contribution in [0.5, 0.6) is 0 Å². The van der Waals surface area contributed by atoms with Crippen LogP contribution in [-0.4, -0.2) is 61.1 Å². The molecule has 2 atom stereocenters. The zero-order valence-corrected chi connectivity index (χ0v) is 14.2. The Morgan fingerprint density at radius 2 is 1.80 bits per heavy atom. The zero-order valence-electron chi connectivity index (χ0n) is 14.2. The standard InChI is InChI=1S/C17H23FN4O3/c1-2-25-17(24)22-9-7-21(8-10-22)16(23)14-11-19-20-15(14)12-3-5-13(18)6-4-12/h3-6,14-15,19-20H,2,7-11H2,1H3. The number of nitrogens with one attached hydrogen (secondary N) is 2. The first-order valence-electron chi connectivity index (χ1n) is 8.54. The smallest absolute Gasteiger partial charge is 0.409 e. The second-order valence-corrected chi connectivity index (χ2v) is 6.17. The molecule has 136 valence electrons. The van der Waals surface area contributed by atoms with Crippen molar-refractivity contribution in [3.8, 4) is 0 Å². The fourth-order valence-corrected chi connectivity index (χ4v) is 3.27. The number of nitrogens with zero attached hydrogens (tertiary/aromatic N) is 2. The third-order valence-electron chi connectivity index (χ3n) is 4.65. The van der Waals surface area contributed by atoms with Crippen molar-refractivity contribution >= 4 is 12.0 Å². The maximum absolute atomic E-state index is 13.1. The predicted molar refractivity (Wildman–Crippen MR) is 88.9 cm³/mol. The van der Waals surface area contributed by atoms with Crippen molar-refractivity contribution in [3.05, 3.63) is 35.6 Å². The summed E-state index contributed by atoms with van der Waals surface area (Å²) in [4.78, 5) is 28.0. The lowest BCUT2D eigenvalue weighted by Crippen LogP contribution is -2.52. The number of piperazine rings is 1. The third kappa shape index (κ3) is 3.91. The molecule has 2 fully saturated rings. The van der Waals surface area contributed by atoms with Gasteiger partial charge in [0.15, 0.2) is 0 Å². The number of carbonyl (C=O) groups excluding carboxylic acids is 2. The van der Waals surface area contributed by atoms with Crippen molar-refractivity contribution in [1.29, 1.82) is 0 Å². The number of hydrogen-bond acceptors (Lipinski definition) is 5. The molecule has 2 unspecified atom stereocenters. The van der Waals surface area contributed by atoms with Crippen LogP contribution in [0.1, 0.15) is 18.5 Å². The van der Waals surface area contributed by atoms with Crippen LogP contribution in [0.2, 0.25) is 0 Å². The minimum atomic E-state index is -0.331. The molecule has 2 amide bonds. The Bertz CT molecular complexity index is 617. The van der Waals surface area contributed by atoms with Gasteiger partial charge in [0.1, 0.15) is 5.82 Å². The van der Waals surface area contributed by atoms with Crippen LogP contribution < -0.4 is 10.9 Å². The average molecular weight is 350 g/mol. The van der Waals surface area contributed by atoms with Crippen LogP contribution in [0.25, 0.3) is 0 Å². The summed E-state index contributed by atoms with van der Waals surface area (Å²) in [6, 6.07) is 5.98. The van der Waals surface area contributed by atoms with Gasteiger partial charge in [0.2, 0.25) is 5.91 Å². The SMILES string of the molecule is CCOC(=O)N1CCN(C(=O)C2CNNC2c2ccc(F)cc2)CC1. The maximum Gasteiger partial charge on any atom is 0.409 e. The highest BCUT2D eigenvalue weighted by atomic mass is 19.1. The molecule has 1 aromatic carbocycles. The molecule has 2 saturated heterocycles. The molecule has 1 aromatic rings. The van der Waals surface area contributed by atoms with Gasteiger partial charge in [-0.25, -0.2) is 14.6 Å². The van der Waals surface area contributed by atoms with E-state index in [2.05, 4.69) is 10.9 Å². The minimum absolute atomic E-state index is 0.0373. The predicted octanol–water partition coefficient (Wildman–Crippen LogP) is 0.892. The topological polar surface area (TPSA) is 73.9 Å². The van der Waals surface area contributed by atoms with Crippen molar-refractivity contribution in [3.63, 3.8) is 0 Å². The quantitative estimate of drug-likeness (QED) is 0.847. The summed E-state index contributed by atoms with van der Waals surface area (Å²) in [5.74, 6) is -0.525. The number of rotatable bonds is 3. The van der Waals surface area contributed by atoms with Gasteiger partial charge in [-0.1, -0.05) is 12.1 Å². The van der Waals surface area contributed by atoms with Gasteiger partial charge in [0.05, 0.1) is 18.6 Å². The highest BCUT2D eigenvalue weighted by Crippen LogP contribution is 2.27. The highest BCUT2D eigenvalue weighted by Gasteiger charge is 2.37. The second-order valence-electron chi connectivity index (χ2n) is 6.17. The van der Waals surface area contributed by atoms with E-state index in [1.165, 1.54) is 12.1 Å². The molecule has 0 aliphatic carbocycles. The molecule has 0 saturated carbocycles. The normalized spacial score (nSPS) is 23.6. The van der Waals surface area contributed by atoms with Crippen LogP contribution in [0.15, 0.2) is 24.3 Å². The molecule has 2 N–H and O–H groups in total. The van der Waals surface area contributed by atoms with Gasteiger partial charge >= 0.3 is 6.09 Å². The summed E-state index contributed by atoms with van der Waals surface area (Å²) in [6.07, 6.45) is -0.331. The van der Waals surface area contributed by atoms with Crippen molar-refractivity contribution < 1.29 is 18.7 Å². The Labute approximate surface area is 146 Å². The van der Waals surface area contributed by atoms with Crippen LogP contribution in [0, 0.1) is 11.7 Å². The molecule has 25 heavy (non-hydrogen) atoms. The van der Waals surface area contributed by atoms with Gasteiger partial charge < -0.3 is 14.5 Å². The molecule has 8 heteroatoms. The maximum atomic E-state index is 13.1. The molecule has 2 aliphatic rings. The van der Waals surface area contributed by atoms with E-state index in [4.69, 9.17) is 4.74 Å². The van der Waals surface area contributed by atoms with Gasteiger partial charge in [-0.05, 0) is 24.6 Å². The average Bonchev–Trinajstić information content (AvgIpc) is 3.12. The molecule has 0 spiro atoms. The zero-order chi connectivity index (χ0) is 17.8. The van der Waals surface area contributed by atoms with E-state index in [1.807, 2.05) is 0 Å². The number of amides is 2. The molecule has 0 bridgehead atoms. The van der Waals surface area contributed by atoms with E-state index in [9.17, 15) is 14.0 Å². The van der Waals surface area contributed by atoms with E-state index in [1.54, 1.807) is 28.9 Å². The van der Waals surface area contributed by atoms with Gasteiger partial charge in [-0.2, -0.15) is 0 Å². The molecule has 0 aromatic heterocycles. The van der Waals surface area contributed by atoms with Crippen LogP contribution >= 0.6 is 0 Å². The molecule has 7 nitrogen and oxygen atoms in total. The van der Waals surface area contributed by atoms with Crippen LogP contribution in [-0.2, 0) is 9.53 Å². The summed E-state index contributed by atoms with van der Waals surface area (Å²) in [7, 11) is 0. The van der Waals surface area contributed by atoms with Crippen molar-refractivity contribution in [1.82, 2.24) is 20.7 Å². The van der Waals surface area contributed by atoms with E-state index in [0.717, 1.165) is 5.56 Å². The first-order valence-corrected chi connectivity index (χ1v) is 8.54. The summed E-state index contributed by atoms with van der Waals surface area (Å²) in [6.45, 7) is 4.55. The second kappa shape index (κ2) is 7.79. The van der Waals surface area contributed by atoms with Gasteiger partial charge in [-0.15, -0.1) is 0 Å².